The minimum absolute atomic E-state index is 0.410. The van der Waals surface area contributed by atoms with Crippen LogP contribution in [0.25, 0.3) is 10.8 Å². The minimum atomic E-state index is 0.410. The summed E-state index contributed by atoms with van der Waals surface area (Å²) in [6, 6.07) is 13.1. The van der Waals surface area contributed by atoms with Crippen LogP contribution in [0.5, 0.6) is 0 Å². The summed E-state index contributed by atoms with van der Waals surface area (Å²) in [7, 11) is 0. The van der Waals surface area contributed by atoms with Gasteiger partial charge in [0.25, 0.3) is 0 Å². The zero-order valence-corrected chi connectivity index (χ0v) is 10.0. The molecule has 14 heavy (non-hydrogen) atoms. The van der Waals surface area contributed by atoms with E-state index >= 15 is 0 Å². The maximum atomic E-state index is 3.63. The molecule has 0 heterocycles. The van der Waals surface area contributed by atoms with Gasteiger partial charge in [0, 0.05) is 4.83 Å². The van der Waals surface area contributed by atoms with E-state index in [9.17, 15) is 0 Å². The zero-order chi connectivity index (χ0) is 10.1. The van der Waals surface area contributed by atoms with Gasteiger partial charge in [-0.25, -0.2) is 0 Å². The van der Waals surface area contributed by atoms with Crippen LogP contribution in [0.3, 0.4) is 0 Å². The Morgan fingerprint density at radius 2 is 1.93 bits per heavy atom. The molecule has 72 valence electrons. The number of hydrogen-bond donors (Lipinski definition) is 0. The summed E-state index contributed by atoms with van der Waals surface area (Å²) in [5.74, 6) is 0. The molecule has 2 aromatic rings. The lowest BCUT2D eigenvalue weighted by Gasteiger charge is -2.09. The molecule has 1 atom stereocenters. The first-order valence-corrected chi connectivity index (χ1v) is 5.73. The van der Waals surface area contributed by atoms with Crippen molar-refractivity contribution in [3.8, 4) is 0 Å². The van der Waals surface area contributed by atoms with E-state index in [0.29, 0.717) is 4.83 Å². The molecule has 0 saturated carbocycles. The molecule has 0 aliphatic heterocycles. The molecule has 2 rings (SSSR count). The van der Waals surface area contributed by atoms with Crippen molar-refractivity contribution in [1.82, 2.24) is 0 Å². The second-order valence-electron chi connectivity index (χ2n) is 3.69. The van der Waals surface area contributed by atoms with Gasteiger partial charge in [-0.15, -0.1) is 0 Å². The average Bonchev–Trinajstić information content (AvgIpc) is 2.16. The SMILES string of the molecule is Cc1ccc2cccc(C(C)Br)c2c1. The number of rotatable bonds is 1. The summed E-state index contributed by atoms with van der Waals surface area (Å²) in [5.41, 5.74) is 2.68. The predicted molar refractivity (Wildman–Crippen MR) is 66.0 cm³/mol. The molecule has 0 aliphatic carbocycles. The summed E-state index contributed by atoms with van der Waals surface area (Å²) in [6.07, 6.45) is 0. The Kier molecular flexibility index (Phi) is 2.60. The highest BCUT2D eigenvalue weighted by atomic mass is 79.9. The normalized spacial score (nSPS) is 13.1. The summed E-state index contributed by atoms with van der Waals surface area (Å²) in [4.78, 5) is 0.410. The number of halogens is 1. The molecule has 0 aromatic heterocycles. The first-order valence-electron chi connectivity index (χ1n) is 4.82. The van der Waals surface area contributed by atoms with Crippen molar-refractivity contribution in [2.24, 2.45) is 0 Å². The van der Waals surface area contributed by atoms with E-state index in [1.807, 2.05) is 0 Å². The Labute approximate surface area is 93.1 Å². The zero-order valence-electron chi connectivity index (χ0n) is 8.42. The molecule has 0 fully saturated rings. The molecule has 1 heteroatoms. The van der Waals surface area contributed by atoms with Crippen molar-refractivity contribution in [2.45, 2.75) is 18.7 Å². The fraction of sp³-hybridized carbons (Fsp3) is 0.231. The summed E-state index contributed by atoms with van der Waals surface area (Å²) in [6.45, 7) is 4.30. The van der Waals surface area contributed by atoms with Gasteiger partial charge in [-0.2, -0.15) is 0 Å². The number of alkyl halides is 1. The van der Waals surface area contributed by atoms with E-state index in [2.05, 4.69) is 66.2 Å². The van der Waals surface area contributed by atoms with Crippen LogP contribution < -0.4 is 0 Å². The van der Waals surface area contributed by atoms with Crippen molar-refractivity contribution in [2.75, 3.05) is 0 Å². The monoisotopic (exact) mass is 248 g/mol. The molecule has 0 spiro atoms. The third-order valence-electron chi connectivity index (χ3n) is 2.50. The van der Waals surface area contributed by atoms with Gasteiger partial charge in [-0.1, -0.05) is 57.9 Å². The number of benzene rings is 2. The van der Waals surface area contributed by atoms with Gasteiger partial charge < -0.3 is 0 Å². The average molecular weight is 249 g/mol. The van der Waals surface area contributed by atoms with E-state index in [-0.39, 0.29) is 0 Å². The first-order chi connectivity index (χ1) is 6.68. The Morgan fingerprint density at radius 3 is 2.64 bits per heavy atom. The maximum Gasteiger partial charge on any atom is 0.0373 e. The molecule has 0 nitrogen and oxygen atoms in total. The maximum absolute atomic E-state index is 3.63. The molecule has 0 saturated heterocycles. The van der Waals surface area contributed by atoms with E-state index < -0.39 is 0 Å². The molecule has 2 aromatic carbocycles. The highest BCUT2D eigenvalue weighted by Crippen LogP contribution is 2.29. The van der Waals surface area contributed by atoms with Crippen LogP contribution in [0.4, 0.5) is 0 Å². The largest absolute Gasteiger partial charge is 0.0842 e. The van der Waals surface area contributed by atoms with E-state index in [4.69, 9.17) is 0 Å². The van der Waals surface area contributed by atoms with Gasteiger partial charge in [0.2, 0.25) is 0 Å². The van der Waals surface area contributed by atoms with Crippen LogP contribution in [0.15, 0.2) is 36.4 Å². The lowest BCUT2D eigenvalue weighted by atomic mass is 10.0. The molecule has 1 unspecified atom stereocenters. The quantitative estimate of drug-likeness (QED) is 0.647. The molecule has 0 radical (unpaired) electrons. The number of hydrogen-bond acceptors (Lipinski definition) is 0. The summed E-state index contributed by atoms with van der Waals surface area (Å²) >= 11 is 3.63. The molecule has 0 aliphatic rings. The first kappa shape index (κ1) is 9.72. The van der Waals surface area contributed by atoms with Crippen LogP contribution >= 0.6 is 15.9 Å². The van der Waals surface area contributed by atoms with E-state index in [0.717, 1.165) is 0 Å². The van der Waals surface area contributed by atoms with Gasteiger partial charge >= 0.3 is 0 Å². The van der Waals surface area contributed by atoms with Crippen molar-refractivity contribution in [1.29, 1.82) is 0 Å². The molecular formula is C13H13Br. The Balaban J connectivity index is 2.77. The lowest BCUT2D eigenvalue weighted by Crippen LogP contribution is -1.86. The summed E-state index contributed by atoms with van der Waals surface area (Å²) < 4.78 is 0. The molecular weight excluding hydrogens is 236 g/mol. The van der Waals surface area contributed by atoms with Crippen LogP contribution in [0.1, 0.15) is 22.9 Å². The standard InChI is InChI=1S/C13H13Br/c1-9-6-7-11-4-3-5-12(10(2)14)13(11)8-9/h3-8,10H,1-2H3. The summed E-state index contributed by atoms with van der Waals surface area (Å²) in [5, 5.41) is 2.68. The second-order valence-corrected chi connectivity index (χ2v) is 5.06. The fourth-order valence-corrected chi connectivity index (χ4v) is 2.16. The van der Waals surface area contributed by atoms with Crippen LogP contribution in [0.2, 0.25) is 0 Å². The third kappa shape index (κ3) is 1.69. The molecule has 0 bridgehead atoms. The Bertz CT molecular complexity index is 458. The Hall–Kier alpha value is -0.820. The fourth-order valence-electron chi connectivity index (χ4n) is 1.76. The number of aryl methyl sites for hydroxylation is 1. The van der Waals surface area contributed by atoms with Crippen LogP contribution in [0, 0.1) is 6.92 Å². The van der Waals surface area contributed by atoms with Gasteiger partial charge in [-0.05, 0) is 30.2 Å². The minimum Gasteiger partial charge on any atom is -0.0842 e. The van der Waals surface area contributed by atoms with Crippen molar-refractivity contribution in [3.63, 3.8) is 0 Å². The van der Waals surface area contributed by atoms with Gasteiger partial charge in [-0.3, -0.25) is 0 Å². The molecule has 0 N–H and O–H groups in total. The number of fused-ring (bicyclic) bond motifs is 1. The van der Waals surface area contributed by atoms with Crippen molar-refractivity contribution in [3.05, 3.63) is 47.5 Å². The lowest BCUT2D eigenvalue weighted by molar-refractivity contribution is 1.14. The second kappa shape index (κ2) is 3.74. The topological polar surface area (TPSA) is 0 Å². The molecule has 0 amide bonds. The van der Waals surface area contributed by atoms with Crippen molar-refractivity contribution >= 4 is 26.7 Å². The smallest absolute Gasteiger partial charge is 0.0373 e. The highest BCUT2D eigenvalue weighted by molar-refractivity contribution is 9.09. The van der Waals surface area contributed by atoms with Gasteiger partial charge in [0.1, 0.15) is 0 Å². The highest BCUT2D eigenvalue weighted by Gasteiger charge is 2.05. The van der Waals surface area contributed by atoms with Crippen LogP contribution in [-0.2, 0) is 0 Å². The van der Waals surface area contributed by atoms with Crippen molar-refractivity contribution < 1.29 is 0 Å². The predicted octanol–water partition coefficient (Wildman–Crippen LogP) is 4.60. The Morgan fingerprint density at radius 1 is 1.14 bits per heavy atom. The van der Waals surface area contributed by atoms with E-state index in [1.54, 1.807) is 0 Å². The third-order valence-corrected chi connectivity index (χ3v) is 2.99. The van der Waals surface area contributed by atoms with E-state index in [1.165, 1.54) is 21.9 Å². The van der Waals surface area contributed by atoms with Gasteiger partial charge in [0.05, 0.1) is 0 Å². The van der Waals surface area contributed by atoms with Crippen LogP contribution in [-0.4, -0.2) is 0 Å². The van der Waals surface area contributed by atoms with Gasteiger partial charge in [0.15, 0.2) is 0 Å².